The van der Waals surface area contributed by atoms with Crippen LogP contribution in [0.5, 0.6) is 11.5 Å². The van der Waals surface area contributed by atoms with Crippen LogP contribution in [0.1, 0.15) is 55.2 Å². The third-order valence-electron chi connectivity index (χ3n) is 10.3. The van der Waals surface area contributed by atoms with Crippen molar-refractivity contribution in [2.75, 3.05) is 33.4 Å². The molecule has 2 saturated heterocycles. The predicted molar refractivity (Wildman–Crippen MR) is 139 cm³/mol. The molecule has 3 aliphatic heterocycles. The van der Waals surface area contributed by atoms with E-state index < -0.39 is 17.1 Å². The number of hydrogen-bond acceptors (Lipinski definition) is 5. The molecule has 5 aliphatic rings. The Labute approximate surface area is 242 Å². The summed E-state index contributed by atoms with van der Waals surface area (Å²) in [6.45, 7) is 3.45. The number of aromatic hydroxyl groups is 1. The van der Waals surface area contributed by atoms with Gasteiger partial charge in [-0.15, -0.1) is 0 Å². The van der Waals surface area contributed by atoms with Crippen LogP contribution in [0.25, 0.3) is 0 Å². The van der Waals surface area contributed by atoms with Crippen molar-refractivity contribution < 1.29 is 52.6 Å². The zero-order valence-corrected chi connectivity index (χ0v) is 24.3. The second kappa shape index (κ2) is 9.75. The van der Waals surface area contributed by atoms with Gasteiger partial charge in [0.05, 0.1) is 19.0 Å². The largest absolute Gasteiger partial charge is 1.00 e. The smallest absolute Gasteiger partial charge is 0.174 e. The van der Waals surface area contributed by atoms with Crippen molar-refractivity contribution in [1.82, 2.24) is 0 Å². The van der Waals surface area contributed by atoms with Crippen LogP contribution in [0.3, 0.4) is 0 Å². The SMILES string of the molecule is C[N@+]1(CC2CCCO2)CC[C@]23c4c5ccc(O)c4OC2C(=O)CC[C@@]3(OCCCc2ccccc2)C1C5.[I-]. The van der Waals surface area contributed by atoms with Crippen LogP contribution in [-0.4, -0.2) is 72.6 Å². The van der Waals surface area contributed by atoms with Gasteiger partial charge in [0.25, 0.3) is 0 Å². The van der Waals surface area contributed by atoms with Crippen LogP contribution < -0.4 is 28.7 Å². The van der Waals surface area contributed by atoms with E-state index in [0.29, 0.717) is 18.8 Å². The summed E-state index contributed by atoms with van der Waals surface area (Å²) in [7, 11) is 2.39. The number of ketones is 1. The van der Waals surface area contributed by atoms with Gasteiger partial charge in [0.2, 0.25) is 0 Å². The molecule has 3 heterocycles. The van der Waals surface area contributed by atoms with Crippen LogP contribution in [0.4, 0.5) is 0 Å². The van der Waals surface area contributed by atoms with E-state index in [-0.39, 0.29) is 47.7 Å². The van der Waals surface area contributed by atoms with E-state index in [1.807, 2.05) is 0 Å². The molecule has 2 aromatic carbocycles. The van der Waals surface area contributed by atoms with Gasteiger partial charge in [-0.1, -0.05) is 36.4 Å². The average molecular weight is 632 g/mol. The summed E-state index contributed by atoms with van der Waals surface area (Å²) in [6.07, 6.45) is 6.75. The highest BCUT2D eigenvalue weighted by molar-refractivity contribution is 5.90. The number of quaternary nitrogens is 1. The van der Waals surface area contributed by atoms with E-state index in [1.54, 1.807) is 6.07 Å². The lowest BCUT2D eigenvalue weighted by atomic mass is 9.48. The molecule has 3 unspecified atom stereocenters. The van der Waals surface area contributed by atoms with Gasteiger partial charge in [0.1, 0.15) is 24.3 Å². The number of carbonyl (C=O) groups excluding carboxylic acids is 1. The van der Waals surface area contributed by atoms with Gasteiger partial charge in [0.15, 0.2) is 23.4 Å². The maximum atomic E-state index is 13.4. The summed E-state index contributed by atoms with van der Waals surface area (Å²) in [5, 5.41) is 10.8. The van der Waals surface area contributed by atoms with Crippen molar-refractivity contribution in [3.63, 3.8) is 0 Å². The predicted octanol–water partition coefficient (Wildman–Crippen LogP) is 1.10. The fourth-order valence-electron chi connectivity index (χ4n) is 8.74. The fraction of sp³-hybridized carbons (Fsp3) is 0.581. The molecule has 204 valence electrons. The summed E-state index contributed by atoms with van der Waals surface area (Å²) in [4.78, 5) is 13.4. The first kappa shape index (κ1) is 26.5. The summed E-state index contributed by atoms with van der Waals surface area (Å²) in [6, 6.07) is 14.6. The maximum Gasteiger partial charge on any atom is 0.174 e. The van der Waals surface area contributed by atoms with Gasteiger partial charge in [-0.2, -0.15) is 0 Å². The van der Waals surface area contributed by atoms with Crippen LogP contribution in [0.15, 0.2) is 42.5 Å². The molecule has 2 bridgehead atoms. The minimum absolute atomic E-state index is 0. The Kier molecular flexibility index (Phi) is 6.81. The molecule has 2 aromatic rings. The quantitative estimate of drug-likeness (QED) is 0.282. The molecule has 1 spiro atoms. The zero-order valence-electron chi connectivity index (χ0n) is 22.2. The zero-order chi connectivity index (χ0) is 25.3. The Morgan fingerprint density at radius 3 is 2.79 bits per heavy atom. The van der Waals surface area contributed by atoms with Crippen molar-refractivity contribution in [3.8, 4) is 11.5 Å². The number of likely N-dealkylation sites (N-methyl/N-ethyl adjacent to an activating group) is 1. The minimum atomic E-state index is -0.572. The molecule has 0 amide bonds. The number of piperidine rings is 1. The molecule has 0 aromatic heterocycles. The topological polar surface area (TPSA) is 65.0 Å². The Balaban J connectivity index is 0.00000264. The molecular formula is C31H38INO5. The van der Waals surface area contributed by atoms with E-state index in [0.717, 1.165) is 74.7 Å². The molecule has 2 aliphatic carbocycles. The lowest BCUT2D eigenvalue weighted by Gasteiger charge is -2.66. The Morgan fingerprint density at radius 2 is 2.00 bits per heavy atom. The third-order valence-corrected chi connectivity index (χ3v) is 10.3. The number of halogens is 1. The number of phenolic OH excluding ortho intramolecular Hbond substituents is 1. The maximum absolute atomic E-state index is 13.4. The molecule has 7 heteroatoms. The normalized spacial score (nSPS) is 36.3. The number of hydrogen-bond donors (Lipinski definition) is 1. The van der Waals surface area contributed by atoms with Crippen molar-refractivity contribution in [3.05, 3.63) is 59.2 Å². The highest BCUT2D eigenvalue weighted by Crippen LogP contribution is 2.67. The summed E-state index contributed by atoms with van der Waals surface area (Å²) < 4.78 is 20.6. The molecule has 38 heavy (non-hydrogen) atoms. The first-order valence-electron chi connectivity index (χ1n) is 14.2. The molecule has 6 atom stereocenters. The Bertz CT molecular complexity index is 1220. The first-order valence-corrected chi connectivity index (χ1v) is 14.2. The van der Waals surface area contributed by atoms with Crippen LogP contribution >= 0.6 is 0 Å². The van der Waals surface area contributed by atoms with Gasteiger partial charge >= 0.3 is 0 Å². The lowest BCUT2D eigenvalue weighted by molar-refractivity contribution is -0.951. The Hall–Kier alpha value is -1.68. The number of ether oxygens (including phenoxy) is 3. The fourth-order valence-corrected chi connectivity index (χ4v) is 8.74. The van der Waals surface area contributed by atoms with E-state index in [2.05, 4.69) is 43.4 Å². The monoisotopic (exact) mass is 631 g/mol. The third kappa shape index (κ3) is 3.71. The van der Waals surface area contributed by atoms with E-state index in [9.17, 15) is 9.90 Å². The number of rotatable bonds is 7. The molecule has 6 nitrogen and oxygen atoms in total. The summed E-state index contributed by atoms with van der Waals surface area (Å²) in [5.41, 5.74) is 2.57. The van der Waals surface area contributed by atoms with Crippen LogP contribution in [0, 0.1) is 0 Å². The van der Waals surface area contributed by atoms with E-state index >= 15 is 0 Å². The van der Waals surface area contributed by atoms with Gasteiger partial charge < -0.3 is 47.8 Å². The number of likely N-dealkylation sites (tertiary alicyclic amines) is 1. The minimum Gasteiger partial charge on any atom is -1.00 e. The van der Waals surface area contributed by atoms with E-state index in [4.69, 9.17) is 14.2 Å². The Morgan fingerprint density at radius 1 is 1.16 bits per heavy atom. The number of Topliss-reactive ketones (excluding diaryl/α,β-unsaturated/α-hetero) is 1. The summed E-state index contributed by atoms with van der Waals surface area (Å²) in [5.74, 6) is 0.832. The van der Waals surface area contributed by atoms with Crippen LogP contribution in [-0.2, 0) is 32.5 Å². The highest BCUT2D eigenvalue weighted by Gasteiger charge is 2.77. The van der Waals surface area contributed by atoms with Crippen molar-refractivity contribution >= 4 is 5.78 Å². The molecule has 3 fully saturated rings. The second-order valence-corrected chi connectivity index (χ2v) is 12.2. The van der Waals surface area contributed by atoms with Crippen molar-refractivity contribution in [2.45, 2.75) is 80.6 Å². The van der Waals surface area contributed by atoms with Gasteiger partial charge in [0, 0.05) is 38.0 Å². The average Bonchev–Trinajstić information content (AvgIpc) is 3.54. The van der Waals surface area contributed by atoms with Crippen LogP contribution in [0.2, 0.25) is 0 Å². The molecule has 0 radical (unpaired) electrons. The number of nitrogens with zero attached hydrogens (tertiary/aromatic N) is 1. The van der Waals surface area contributed by atoms with E-state index in [1.165, 1.54) is 11.1 Å². The van der Waals surface area contributed by atoms with Crippen molar-refractivity contribution in [1.29, 1.82) is 0 Å². The number of phenols is 1. The standard InChI is InChI=1S/C31H37NO5.HI/c1-32(20-23-10-6-17-35-23)16-15-30-27-22-11-12-24(33)28(27)37-29(30)25(34)13-14-31(30,26(32)19-22)36-18-5-9-21-7-3-2-4-8-21;/h2-4,7-8,11-12,23,26,29H,5-6,9-10,13-20H2,1H3;1H/t23?,26?,29?,30-,31+,32+;/m0./s1. The molecule has 1 N–H and O–H groups in total. The molecular weight excluding hydrogens is 593 g/mol. The number of aryl methyl sites for hydroxylation is 1. The molecule has 7 rings (SSSR count). The van der Waals surface area contributed by atoms with Crippen molar-refractivity contribution in [2.24, 2.45) is 0 Å². The number of benzene rings is 2. The lowest BCUT2D eigenvalue weighted by Crippen LogP contribution is -3.00. The summed E-state index contributed by atoms with van der Waals surface area (Å²) >= 11 is 0. The van der Waals surface area contributed by atoms with Gasteiger partial charge in [-0.25, -0.2) is 0 Å². The second-order valence-electron chi connectivity index (χ2n) is 12.2. The highest BCUT2D eigenvalue weighted by atomic mass is 127. The first-order chi connectivity index (χ1) is 18.0. The number of carbonyl (C=O) groups is 1. The van der Waals surface area contributed by atoms with Gasteiger partial charge in [-0.05, 0) is 49.3 Å². The van der Waals surface area contributed by atoms with Gasteiger partial charge in [-0.3, -0.25) is 4.79 Å². The molecule has 1 saturated carbocycles.